The molecule has 0 unspecified atom stereocenters. The second-order valence-corrected chi connectivity index (χ2v) is 3.49. The van der Waals surface area contributed by atoms with Crippen LogP contribution in [-0.2, 0) is 0 Å². The first-order chi connectivity index (χ1) is 6.86. The van der Waals surface area contributed by atoms with Crippen LogP contribution in [-0.4, -0.2) is 11.3 Å². The van der Waals surface area contributed by atoms with E-state index < -0.39 is 0 Å². The van der Waals surface area contributed by atoms with E-state index >= 15 is 0 Å². The topological polar surface area (TPSA) is 32.6 Å². The van der Waals surface area contributed by atoms with Crippen LogP contribution in [0.25, 0.3) is 11.3 Å². The molecule has 2 nitrogen and oxygen atoms in total. The zero-order valence-corrected chi connectivity index (χ0v) is 7.57. The molecule has 1 aliphatic heterocycles. The van der Waals surface area contributed by atoms with Crippen molar-refractivity contribution in [3.05, 3.63) is 47.2 Å². The molecule has 0 radical (unpaired) electrons. The Balaban J connectivity index is 2.37. The highest BCUT2D eigenvalue weighted by Gasteiger charge is 2.22. The van der Waals surface area contributed by atoms with Gasteiger partial charge in [-0.1, -0.05) is 24.3 Å². The van der Waals surface area contributed by atoms with Crippen molar-refractivity contribution in [2.24, 2.45) is 4.99 Å². The minimum Gasteiger partial charge on any atom is -0.505 e. The van der Waals surface area contributed by atoms with E-state index in [-0.39, 0.29) is 0 Å². The molecule has 0 amide bonds. The first-order valence-corrected chi connectivity index (χ1v) is 4.61. The van der Waals surface area contributed by atoms with E-state index in [0.29, 0.717) is 5.76 Å². The molecule has 1 aliphatic carbocycles. The highest BCUT2D eigenvalue weighted by Crippen LogP contribution is 2.38. The van der Waals surface area contributed by atoms with Gasteiger partial charge in [-0.2, -0.15) is 0 Å². The number of allylic oxidation sites excluding steroid dienone is 2. The molecule has 0 saturated heterocycles. The number of aliphatic imine (C=N–C) groups is 1. The maximum Gasteiger partial charge on any atom is 0.145 e. The number of dihydropyridines is 1. The standard InChI is InChI=1S/C12H9NO/c14-12-10-4-2-1-3-9(10)8-5-6-13-11(12)7-8/h1-6,14H,7H2. The fourth-order valence-corrected chi connectivity index (χ4v) is 1.96. The third-order valence-corrected chi connectivity index (χ3v) is 2.67. The lowest BCUT2D eigenvalue weighted by atomic mass is 9.88. The summed E-state index contributed by atoms with van der Waals surface area (Å²) in [6.45, 7) is 0. The minimum absolute atomic E-state index is 0.328. The van der Waals surface area contributed by atoms with Crippen molar-refractivity contribution in [2.75, 3.05) is 0 Å². The highest BCUT2D eigenvalue weighted by molar-refractivity contribution is 5.95. The smallest absolute Gasteiger partial charge is 0.145 e. The number of aliphatic hydroxyl groups is 1. The average Bonchev–Trinajstić information content (AvgIpc) is 2.27. The van der Waals surface area contributed by atoms with E-state index in [0.717, 1.165) is 23.2 Å². The molecule has 0 saturated carbocycles. The number of aliphatic hydroxyl groups excluding tert-OH is 1. The molecule has 1 N–H and O–H groups in total. The van der Waals surface area contributed by atoms with Gasteiger partial charge in [-0.3, -0.25) is 4.99 Å². The van der Waals surface area contributed by atoms with Crippen LogP contribution in [0.1, 0.15) is 17.5 Å². The maximum atomic E-state index is 9.91. The van der Waals surface area contributed by atoms with Gasteiger partial charge in [0.25, 0.3) is 0 Å². The summed E-state index contributed by atoms with van der Waals surface area (Å²) in [7, 11) is 0. The number of nitrogens with zero attached hydrogens (tertiary/aromatic N) is 1. The third kappa shape index (κ3) is 0.880. The van der Waals surface area contributed by atoms with Gasteiger partial charge in [0.1, 0.15) is 5.76 Å². The summed E-state index contributed by atoms with van der Waals surface area (Å²) in [6.07, 6.45) is 4.51. The summed E-state index contributed by atoms with van der Waals surface area (Å²) < 4.78 is 0. The molecule has 0 aromatic heterocycles. The Morgan fingerprint density at radius 3 is 2.79 bits per heavy atom. The lowest BCUT2D eigenvalue weighted by Crippen LogP contribution is -2.06. The highest BCUT2D eigenvalue weighted by atomic mass is 16.3. The van der Waals surface area contributed by atoms with Crippen molar-refractivity contribution in [1.82, 2.24) is 0 Å². The molecule has 1 heterocycles. The largest absolute Gasteiger partial charge is 0.505 e. The summed E-state index contributed by atoms with van der Waals surface area (Å²) in [4.78, 5) is 4.16. The molecule has 14 heavy (non-hydrogen) atoms. The van der Waals surface area contributed by atoms with Gasteiger partial charge in [0, 0.05) is 18.2 Å². The fourth-order valence-electron chi connectivity index (χ4n) is 1.96. The SMILES string of the molecule is OC1=C2CC(=CC=N2)c2ccccc21. The Labute approximate surface area is 81.9 Å². The van der Waals surface area contributed by atoms with Crippen molar-refractivity contribution in [1.29, 1.82) is 0 Å². The summed E-state index contributed by atoms with van der Waals surface area (Å²) in [5.41, 5.74) is 4.04. The maximum absolute atomic E-state index is 9.91. The van der Waals surface area contributed by atoms with Gasteiger partial charge in [-0.05, 0) is 17.2 Å². The van der Waals surface area contributed by atoms with Crippen LogP contribution < -0.4 is 0 Å². The summed E-state index contributed by atoms with van der Waals surface area (Å²) in [5, 5.41) is 9.91. The Morgan fingerprint density at radius 1 is 1.14 bits per heavy atom. The molecule has 3 rings (SSSR count). The van der Waals surface area contributed by atoms with E-state index in [4.69, 9.17) is 0 Å². The number of hydrogen-bond donors (Lipinski definition) is 1. The van der Waals surface area contributed by atoms with Crippen LogP contribution in [0.4, 0.5) is 0 Å². The lowest BCUT2D eigenvalue weighted by Gasteiger charge is -2.21. The Morgan fingerprint density at radius 2 is 1.93 bits per heavy atom. The van der Waals surface area contributed by atoms with E-state index in [2.05, 4.69) is 4.99 Å². The van der Waals surface area contributed by atoms with Gasteiger partial charge in [0.15, 0.2) is 0 Å². The van der Waals surface area contributed by atoms with Gasteiger partial charge >= 0.3 is 0 Å². The van der Waals surface area contributed by atoms with E-state index in [1.54, 1.807) is 6.21 Å². The number of rotatable bonds is 0. The van der Waals surface area contributed by atoms with Crippen LogP contribution in [0, 0.1) is 0 Å². The predicted molar refractivity (Wildman–Crippen MR) is 57.1 cm³/mol. The second-order valence-electron chi connectivity index (χ2n) is 3.49. The molecule has 0 fully saturated rings. The zero-order chi connectivity index (χ0) is 9.54. The molecule has 1 aromatic rings. The second kappa shape index (κ2) is 2.58. The monoisotopic (exact) mass is 183 g/mol. The van der Waals surface area contributed by atoms with Crippen molar-refractivity contribution in [3.8, 4) is 0 Å². The van der Waals surface area contributed by atoms with Gasteiger partial charge in [-0.15, -0.1) is 0 Å². The van der Waals surface area contributed by atoms with Crippen LogP contribution in [0.3, 0.4) is 0 Å². The average molecular weight is 183 g/mol. The molecule has 1 aromatic carbocycles. The van der Waals surface area contributed by atoms with Crippen LogP contribution in [0.2, 0.25) is 0 Å². The molecular formula is C12H9NO. The molecule has 2 aliphatic rings. The number of benzene rings is 1. The first kappa shape index (κ1) is 7.56. The minimum atomic E-state index is 0.328. The van der Waals surface area contributed by atoms with Crippen LogP contribution in [0.15, 0.2) is 41.0 Å². The normalized spacial score (nSPS) is 17.9. The van der Waals surface area contributed by atoms with Crippen molar-refractivity contribution in [3.63, 3.8) is 0 Å². The number of hydrogen-bond acceptors (Lipinski definition) is 2. The Bertz CT molecular complexity index is 495. The Kier molecular flexibility index (Phi) is 1.39. The first-order valence-electron chi connectivity index (χ1n) is 4.61. The van der Waals surface area contributed by atoms with Gasteiger partial charge < -0.3 is 5.11 Å². The van der Waals surface area contributed by atoms with Crippen molar-refractivity contribution < 1.29 is 5.11 Å². The lowest BCUT2D eigenvalue weighted by molar-refractivity contribution is 0.503. The van der Waals surface area contributed by atoms with Crippen LogP contribution >= 0.6 is 0 Å². The molecule has 2 bridgehead atoms. The number of fused-ring (bicyclic) bond motifs is 4. The molecule has 0 spiro atoms. The van der Waals surface area contributed by atoms with Crippen molar-refractivity contribution in [2.45, 2.75) is 6.42 Å². The van der Waals surface area contributed by atoms with Gasteiger partial charge in [0.2, 0.25) is 0 Å². The third-order valence-electron chi connectivity index (χ3n) is 2.67. The van der Waals surface area contributed by atoms with Crippen LogP contribution in [0.5, 0.6) is 0 Å². The quantitative estimate of drug-likeness (QED) is 0.659. The summed E-state index contributed by atoms with van der Waals surface area (Å²) >= 11 is 0. The molecule has 0 atom stereocenters. The predicted octanol–water partition coefficient (Wildman–Crippen LogP) is 2.78. The van der Waals surface area contributed by atoms with Gasteiger partial charge in [0.05, 0.1) is 5.70 Å². The fraction of sp³-hybridized carbons (Fsp3) is 0.0833. The van der Waals surface area contributed by atoms with E-state index in [1.807, 2.05) is 30.3 Å². The zero-order valence-electron chi connectivity index (χ0n) is 7.57. The van der Waals surface area contributed by atoms with Gasteiger partial charge in [-0.25, -0.2) is 0 Å². The Hall–Kier alpha value is -1.83. The van der Waals surface area contributed by atoms with E-state index in [1.165, 1.54) is 5.57 Å². The van der Waals surface area contributed by atoms with Crippen molar-refractivity contribution >= 4 is 17.5 Å². The summed E-state index contributed by atoms with van der Waals surface area (Å²) in [6, 6.07) is 7.89. The molecule has 2 heteroatoms. The summed E-state index contributed by atoms with van der Waals surface area (Å²) in [5.74, 6) is 0.328. The van der Waals surface area contributed by atoms with E-state index in [9.17, 15) is 5.11 Å². The molecule has 68 valence electrons. The molecular weight excluding hydrogens is 174 g/mol.